The van der Waals surface area contributed by atoms with Crippen molar-refractivity contribution in [2.45, 2.75) is 57.8 Å². The molecule has 0 radical (unpaired) electrons. The molecule has 1 aromatic heterocycles. The first kappa shape index (κ1) is 36.7. The molecule has 0 amide bonds. The highest BCUT2D eigenvalue weighted by atomic mass is 16.1. The SMILES string of the molecule is CC1(C)c2ccccc2C(=O)c2cc(-n3c4ccc(N5c6ccccc6C(C)(C)c6ccccc65)cc4c4cc(N5c6ccccc6C(C)(C)c6ccccc65)ccc43)ccc21. The van der Waals surface area contributed by atoms with Gasteiger partial charge in [-0.15, -0.1) is 0 Å². The first-order valence-electron chi connectivity index (χ1n) is 21.8. The smallest absolute Gasteiger partial charge is 0.193 e. The fourth-order valence-electron chi connectivity index (χ4n) is 11.4. The second-order valence-corrected chi connectivity index (χ2v) is 19.0. The first-order chi connectivity index (χ1) is 30.0. The van der Waals surface area contributed by atoms with E-state index in [0.717, 1.165) is 61.1 Å². The Hall–Kier alpha value is -7.17. The van der Waals surface area contributed by atoms with Gasteiger partial charge in [0, 0.05) is 55.2 Å². The third-order valence-corrected chi connectivity index (χ3v) is 14.5. The molecule has 3 heterocycles. The number of para-hydroxylation sites is 4. The first-order valence-corrected chi connectivity index (χ1v) is 21.8. The maximum atomic E-state index is 14.4. The fraction of sp³-hybridized carbons (Fsp3) is 0.155. The number of hydrogen-bond acceptors (Lipinski definition) is 3. The zero-order valence-electron chi connectivity index (χ0n) is 36.0. The zero-order chi connectivity index (χ0) is 42.3. The summed E-state index contributed by atoms with van der Waals surface area (Å²) < 4.78 is 2.36. The molecule has 8 aromatic carbocycles. The van der Waals surface area contributed by atoms with Gasteiger partial charge < -0.3 is 14.4 Å². The van der Waals surface area contributed by atoms with Gasteiger partial charge in [0.05, 0.1) is 33.8 Å². The van der Waals surface area contributed by atoms with Crippen LogP contribution in [0.5, 0.6) is 0 Å². The second-order valence-electron chi connectivity index (χ2n) is 19.0. The van der Waals surface area contributed by atoms with Crippen LogP contribution in [-0.4, -0.2) is 10.4 Å². The third-order valence-electron chi connectivity index (χ3n) is 14.5. The van der Waals surface area contributed by atoms with Gasteiger partial charge in [0.1, 0.15) is 0 Å². The molecule has 12 rings (SSSR count). The molecule has 0 spiro atoms. The van der Waals surface area contributed by atoms with Crippen LogP contribution in [0.4, 0.5) is 34.1 Å². The lowest BCUT2D eigenvalue weighted by Crippen LogP contribution is -2.30. The lowest BCUT2D eigenvalue weighted by molar-refractivity contribution is 0.103. The minimum Gasteiger partial charge on any atom is -0.310 e. The Balaban J connectivity index is 1.12. The number of aromatic nitrogens is 1. The van der Waals surface area contributed by atoms with Gasteiger partial charge in [0.25, 0.3) is 0 Å². The Labute approximate surface area is 363 Å². The summed E-state index contributed by atoms with van der Waals surface area (Å²) in [5.74, 6) is 0.0813. The van der Waals surface area contributed by atoms with Crippen molar-refractivity contribution in [3.8, 4) is 5.69 Å². The molecule has 0 saturated heterocycles. The predicted molar refractivity (Wildman–Crippen MR) is 256 cm³/mol. The molecule has 0 saturated carbocycles. The van der Waals surface area contributed by atoms with E-state index in [1.807, 2.05) is 18.2 Å². The molecule has 2 aliphatic heterocycles. The van der Waals surface area contributed by atoms with Crippen molar-refractivity contribution in [2.24, 2.45) is 0 Å². The molecule has 9 aromatic rings. The Morgan fingerprint density at radius 3 is 1.15 bits per heavy atom. The number of anilines is 6. The summed E-state index contributed by atoms with van der Waals surface area (Å²) in [6.07, 6.45) is 0. The van der Waals surface area contributed by atoms with Gasteiger partial charge in [-0.2, -0.15) is 0 Å². The highest BCUT2D eigenvalue weighted by Crippen LogP contribution is 2.54. The zero-order valence-corrected chi connectivity index (χ0v) is 36.0. The van der Waals surface area contributed by atoms with Crippen LogP contribution in [0.3, 0.4) is 0 Å². The quantitative estimate of drug-likeness (QED) is 0.178. The van der Waals surface area contributed by atoms with Gasteiger partial charge in [0.15, 0.2) is 5.78 Å². The molecule has 0 unspecified atom stereocenters. The lowest BCUT2D eigenvalue weighted by atomic mass is 9.68. The molecule has 0 bridgehead atoms. The molecule has 3 aliphatic rings. The van der Waals surface area contributed by atoms with Gasteiger partial charge in [-0.05, 0) is 106 Å². The van der Waals surface area contributed by atoms with E-state index in [4.69, 9.17) is 0 Å². The Morgan fingerprint density at radius 2 is 0.694 bits per heavy atom. The van der Waals surface area contributed by atoms with Crippen molar-refractivity contribution in [2.75, 3.05) is 9.80 Å². The standard InChI is InChI=1S/C58H47N3O/c1-56(2)43-18-8-7-17-39(43)55(62)42-35-36(27-30-44(42)56)59-49-31-28-37(60-51-23-13-9-19-45(51)57(3,4)46-20-10-14-24-52(46)60)33-40(49)41-34-38(29-32-50(41)59)61-53-25-15-11-21-47(53)58(5,6)48-22-12-16-26-54(48)61/h7-35H,1-6H3. The largest absolute Gasteiger partial charge is 0.310 e. The van der Waals surface area contributed by atoms with Crippen LogP contribution in [-0.2, 0) is 16.2 Å². The van der Waals surface area contributed by atoms with E-state index >= 15 is 0 Å². The number of hydrogen-bond donors (Lipinski definition) is 0. The summed E-state index contributed by atoms with van der Waals surface area (Å²) in [7, 11) is 0. The summed E-state index contributed by atoms with van der Waals surface area (Å²) >= 11 is 0. The Kier molecular flexibility index (Phi) is 7.50. The normalized spacial score (nSPS) is 16.3. The molecule has 62 heavy (non-hydrogen) atoms. The van der Waals surface area contributed by atoms with E-state index in [9.17, 15) is 4.79 Å². The van der Waals surface area contributed by atoms with Gasteiger partial charge >= 0.3 is 0 Å². The number of carbonyl (C=O) groups is 1. The topological polar surface area (TPSA) is 28.5 Å². The molecule has 4 heteroatoms. The highest BCUT2D eigenvalue weighted by molar-refractivity contribution is 6.15. The fourth-order valence-corrected chi connectivity index (χ4v) is 11.4. The maximum Gasteiger partial charge on any atom is 0.193 e. The monoisotopic (exact) mass is 801 g/mol. The Morgan fingerprint density at radius 1 is 0.339 bits per heavy atom. The summed E-state index contributed by atoms with van der Waals surface area (Å²) in [5.41, 5.74) is 18.4. The van der Waals surface area contributed by atoms with Crippen LogP contribution in [0, 0.1) is 0 Å². The van der Waals surface area contributed by atoms with Crippen molar-refractivity contribution in [3.05, 3.63) is 220 Å². The number of benzene rings is 8. The van der Waals surface area contributed by atoms with Gasteiger partial charge in [-0.3, -0.25) is 4.79 Å². The number of nitrogens with zero attached hydrogens (tertiary/aromatic N) is 3. The van der Waals surface area contributed by atoms with Crippen LogP contribution < -0.4 is 9.80 Å². The predicted octanol–water partition coefficient (Wildman–Crippen LogP) is 14.9. The third kappa shape index (κ3) is 4.86. The second kappa shape index (κ2) is 12.7. The van der Waals surface area contributed by atoms with Crippen molar-refractivity contribution >= 4 is 61.7 Å². The van der Waals surface area contributed by atoms with Crippen molar-refractivity contribution in [1.82, 2.24) is 4.57 Å². The van der Waals surface area contributed by atoms with Crippen molar-refractivity contribution < 1.29 is 4.79 Å². The summed E-state index contributed by atoms with van der Waals surface area (Å²) in [6.45, 7) is 13.8. The van der Waals surface area contributed by atoms with E-state index in [2.05, 4.69) is 214 Å². The molecule has 1 aliphatic carbocycles. The minimum atomic E-state index is -0.311. The molecular weight excluding hydrogens is 755 g/mol. The molecule has 0 N–H and O–H groups in total. The van der Waals surface area contributed by atoms with Crippen LogP contribution in [0.2, 0.25) is 0 Å². The van der Waals surface area contributed by atoms with Crippen LogP contribution in [0.15, 0.2) is 176 Å². The van der Waals surface area contributed by atoms with Crippen molar-refractivity contribution in [3.63, 3.8) is 0 Å². The average Bonchev–Trinajstić information content (AvgIpc) is 3.61. The summed E-state index contributed by atoms with van der Waals surface area (Å²) in [4.78, 5) is 19.2. The molecule has 0 atom stereocenters. The van der Waals surface area contributed by atoms with E-state index in [1.165, 1.54) is 45.0 Å². The van der Waals surface area contributed by atoms with E-state index in [1.54, 1.807) is 0 Å². The number of rotatable bonds is 3. The summed E-state index contributed by atoms with van der Waals surface area (Å²) in [5, 5.41) is 2.29. The molecular formula is C58H47N3O. The van der Waals surface area contributed by atoms with E-state index in [-0.39, 0.29) is 22.0 Å². The van der Waals surface area contributed by atoms with Gasteiger partial charge in [-0.25, -0.2) is 0 Å². The number of carbonyl (C=O) groups excluding carboxylic acids is 1. The minimum absolute atomic E-state index is 0.0813. The summed E-state index contributed by atoms with van der Waals surface area (Å²) in [6, 6.07) is 63.9. The Bertz CT molecular complexity index is 3120. The number of ketones is 1. The van der Waals surface area contributed by atoms with Crippen LogP contribution >= 0.6 is 0 Å². The molecule has 0 fully saturated rings. The van der Waals surface area contributed by atoms with E-state index in [0.29, 0.717) is 0 Å². The van der Waals surface area contributed by atoms with Gasteiger partial charge in [0.2, 0.25) is 0 Å². The molecule has 4 nitrogen and oxygen atoms in total. The molecule has 300 valence electrons. The lowest BCUT2D eigenvalue weighted by Gasteiger charge is -2.42. The van der Waals surface area contributed by atoms with Crippen LogP contribution in [0.1, 0.15) is 90.8 Å². The van der Waals surface area contributed by atoms with E-state index < -0.39 is 0 Å². The maximum absolute atomic E-state index is 14.4. The number of fused-ring (bicyclic) bond motifs is 9. The van der Waals surface area contributed by atoms with Crippen LogP contribution in [0.25, 0.3) is 27.5 Å². The van der Waals surface area contributed by atoms with Crippen molar-refractivity contribution in [1.29, 1.82) is 0 Å². The van der Waals surface area contributed by atoms with Gasteiger partial charge in [-0.1, -0.05) is 145 Å². The average molecular weight is 802 g/mol. The highest BCUT2D eigenvalue weighted by Gasteiger charge is 2.40.